The largest absolute Gasteiger partial charge is 0.321 e. The Morgan fingerprint density at radius 1 is 1.32 bits per heavy atom. The number of rotatable bonds is 4. The second-order valence-corrected chi connectivity index (χ2v) is 7.63. The summed E-state index contributed by atoms with van der Waals surface area (Å²) < 4.78 is 18.2. The van der Waals surface area contributed by atoms with E-state index in [1.165, 1.54) is 0 Å². The van der Waals surface area contributed by atoms with Crippen molar-refractivity contribution in [2.24, 2.45) is 0 Å². The predicted molar refractivity (Wildman–Crippen MR) is 115 cm³/mol. The third-order valence-corrected chi connectivity index (χ3v) is 5.62. The Kier molecular flexibility index (Phi) is 4.84. The molecule has 4 aromatic rings. The van der Waals surface area contributed by atoms with Gasteiger partial charge in [-0.3, -0.25) is 9.25 Å². The van der Waals surface area contributed by atoms with Gasteiger partial charge in [-0.2, -0.15) is 15.3 Å². The maximum absolute atomic E-state index is 14.6. The van der Waals surface area contributed by atoms with Gasteiger partial charge in [0.05, 0.1) is 40.8 Å². The minimum absolute atomic E-state index is 0.115. The Labute approximate surface area is 178 Å². The van der Waals surface area contributed by atoms with Gasteiger partial charge in [-0.25, -0.2) is 9.37 Å². The standard InChI is InChI=1S/C22H21FN8/c1-14-19(13-31(29-14)16-5-3-8-25-11-16)27-22-26-12-18(23)21(28-22)30-9-7-17-15(10-24)4-2-6-20(17)30/h2,4,6-7,9,12-13,16,25H,3,5,8,11H2,1H3,(H,26,27,28). The summed E-state index contributed by atoms with van der Waals surface area (Å²) in [5.74, 6) is -0.158. The van der Waals surface area contributed by atoms with Crippen molar-refractivity contribution >= 4 is 22.5 Å². The molecule has 1 aromatic carbocycles. The summed E-state index contributed by atoms with van der Waals surface area (Å²) in [5, 5.41) is 21.3. The third-order valence-electron chi connectivity index (χ3n) is 5.62. The number of nitrogens with zero attached hydrogens (tertiary/aromatic N) is 6. The molecule has 4 heterocycles. The molecule has 0 amide bonds. The summed E-state index contributed by atoms with van der Waals surface area (Å²) in [6.07, 6.45) is 7.00. The SMILES string of the molecule is Cc1nn(C2CCCNC2)cc1Nc1ncc(F)c(-n2ccc3c(C#N)cccc32)n1. The number of aryl methyl sites for hydroxylation is 1. The number of aromatic nitrogens is 5. The number of nitriles is 1. The molecule has 1 aliphatic heterocycles. The highest BCUT2D eigenvalue weighted by molar-refractivity contribution is 5.87. The molecule has 0 bridgehead atoms. The monoisotopic (exact) mass is 416 g/mol. The van der Waals surface area contributed by atoms with Crippen LogP contribution in [0.1, 0.15) is 30.1 Å². The number of benzene rings is 1. The van der Waals surface area contributed by atoms with Crippen LogP contribution in [0.2, 0.25) is 0 Å². The van der Waals surface area contributed by atoms with E-state index in [4.69, 9.17) is 0 Å². The normalized spacial score (nSPS) is 16.4. The number of piperidine rings is 1. The zero-order valence-corrected chi connectivity index (χ0v) is 17.0. The molecule has 0 spiro atoms. The number of hydrogen-bond acceptors (Lipinski definition) is 6. The minimum Gasteiger partial charge on any atom is -0.321 e. The maximum Gasteiger partial charge on any atom is 0.229 e. The molecular formula is C22H21FN8. The summed E-state index contributed by atoms with van der Waals surface area (Å²) in [4.78, 5) is 8.52. The van der Waals surface area contributed by atoms with Crippen LogP contribution in [-0.4, -0.2) is 37.4 Å². The van der Waals surface area contributed by atoms with Crippen LogP contribution in [0, 0.1) is 24.1 Å². The van der Waals surface area contributed by atoms with Gasteiger partial charge in [-0.05, 0) is 44.5 Å². The van der Waals surface area contributed by atoms with E-state index in [1.54, 1.807) is 29.0 Å². The van der Waals surface area contributed by atoms with E-state index in [9.17, 15) is 9.65 Å². The molecule has 5 rings (SSSR count). The van der Waals surface area contributed by atoms with Crippen LogP contribution < -0.4 is 10.6 Å². The molecule has 1 aliphatic rings. The molecule has 2 N–H and O–H groups in total. The van der Waals surface area contributed by atoms with Crippen LogP contribution in [0.15, 0.2) is 42.9 Å². The lowest BCUT2D eigenvalue weighted by molar-refractivity contribution is 0.346. The second kappa shape index (κ2) is 7.81. The Balaban J connectivity index is 1.48. The van der Waals surface area contributed by atoms with Crippen molar-refractivity contribution in [2.75, 3.05) is 18.4 Å². The van der Waals surface area contributed by atoms with Gasteiger partial charge in [0.1, 0.15) is 0 Å². The van der Waals surface area contributed by atoms with E-state index in [0.717, 1.165) is 48.9 Å². The van der Waals surface area contributed by atoms with Crippen LogP contribution in [0.4, 0.5) is 16.0 Å². The molecule has 0 radical (unpaired) electrons. The molecule has 8 nitrogen and oxygen atoms in total. The van der Waals surface area contributed by atoms with Gasteiger partial charge in [0, 0.05) is 24.3 Å². The first-order valence-corrected chi connectivity index (χ1v) is 10.2. The summed E-state index contributed by atoms with van der Waals surface area (Å²) in [5.41, 5.74) is 2.85. The van der Waals surface area contributed by atoms with Crippen molar-refractivity contribution in [1.29, 1.82) is 5.26 Å². The first kappa shape index (κ1) is 19.2. The van der Waals surface area contributed by atoms with Crippen molar-refractivity contribution in [3.63, 3.8) is 0 Å². The lowest BCUT2D eigenvalue weighted by atomic mass is 10.1. The van der Waals surface area contributed by atoms with Gasteiger partial charge in [0.25, 0.3) is 0 Å². The average Bonchev–Trinajstić information content (AvgIpc) is 3.39. The lowest BCUT2D eigenvalue weighted by Crippen LogP contribution is -2.31. The number of halogens is 1. The molecule has 9 heteroatoms. The second-order valence-electron chi connectivity index (χ2n) is 7.63. The Morgan fingerprint density at radius 3 is 3.03 bits per heavy atom. The zero-order chi connectivity index (χ0) is 21.4. The van der Waals surface area contributed by atoms with Crippen molar-refractivity contribution in [2.45, 2.75) is 25.8 Å². The van der Waals surface area contributed by atoms with E-state index in [2.05, 4.69) is 31.8 Å². The highest BCUT2D eigenvalue weighted by atomic mass is 19.1. The summed E-state index contributed by atoms with van der Waals surface area (Å²) in [7, 11) is 0. The molecule has 1 fully saturated rings. The van der Waals surface area contributed by atoms with E-state index >= 15 is 0 Å². The molecule has 1 unspecified atom stereocenters. The van der Waals surface area contributed by atoms with Crippen molar-refractivity contribution < 1.29 is 4.39 Å². The third kappa shape index (κ3) is 3.51. The van der Waals surface area contributed by atoms with Crippen LogP contribution in [0.5, 0.6) is 0 Å². The van der Waals surface area contributed by atoms with Crippen molar-refractivity contribution in [3.05, 3.63) is 59.9 Å². The van der Waals surface area contributed by atoms with Gasteiger partial charge in [0.2, 0.25) is 5.95 Å². The van der Waals surface area contributed by atoms with Gasteiger partial charge in [0.15, 0.2) is 11.6 Å². The quantitative estimate of drug-likeness (QED) is 0.528. The van der Waals surface area contributed by atoms with Gasteiger partial charge < -0.3 is 10.6 Å². The van der Waals surface area contributed by atoms with Crippen LogP contribution in [0.3, 0.4) is 0 Å². The average molecular weight is 416 g/mol. The van der Waals surface area contributed by atoms with E-state index < -0.39 is 5.82 Å². The van der Waals surface area contributed by atoms with E-state index in [0.29, 0.717) is 17.1 Å². The molecule has 0 aliphatic carbocycles. The molecule has 0 saturated carbocycles. The van der Waals surface area contributed by atoms with E-state index in [1.807, 2.05) is 23.9 Å². The number of anilines is 2. The van der Waals surface area contributed by atoms with Crippen molar-refractivity contribution in [3.8, 4) is 11.9 Å². The fourth-order valence-corrected chi connectivity index (χ4v) is 4.01. The van der Waals surface area contributed by atoms with Gasteiger partial charge in [-0.1, -0.05) is 6.07 Å². The van der Waals surface area contributed by atoms with Crippen LogP contribution in [0.25, 0.3) is 16.7 Å². The highest BCUT2D eigenvalue weighted by Crippen LogP contribution is 2.26. The molecule has 31 heavy (non-hydrogen) atoms. The Hall–Kier alpha value is -3.77. The highest BCUT2D eigenvalue weighted by Gasteiger charge is 2.18. The predicted octanol–water partition coefficient (Wildman–Crippen LogP) is 3.60. The molecule has 156 valence electrons. The topological polar surface area (TPSA) is 96.4 Å². The van der Waals surface area contributed by atoms with Crippen molar-refractivity contribution in [1.82, 2.24) is 29.6 Å². The first-order chi connectivity index (χ1) is 15.1. The smallest absolute Gasteiger partial charge is 0.229 e. The Morgan fingerprint density at radius 2 is 2.23 bits per heavy atom. The fourth-order valence-electron chi connectivity index (χ4n) is 4.01. The number of nitrogens with one attached hydrogen (secondary N) is 2. The molecule has 1 saturated heterocycles. The minimum atomic E-state index is -0.550. The first-order valence-electron chi connectivity index (χ1n) is 10.2. The lowest BCUT2D eigenvalue weighted by Gasteiger charge is -2.22. The maximum atomic E-state index is 14.6. The number of hydrogen-bond donors (Lipinski definition) is 2. The summed E-state index contributed by atoms with van der Waals surface area (Å²) >= 11 is 0. The van der Waals surface area contributed by atoms with E-state index in [-0.39, 0.29) is 11.8 Å². The fraction of sp³-hybridized carbons (Fsp3) is 0.273. The Bertz CT molecular complexity index is 1290. The molecule has 1 atom stereocenters. The van der Waals surface area contributed by atoms with Crippen LogP contribution in [-0.2, 0) is 0 Å². The molecule has 3 aromatic heterocycles. The van der Waals surface area contributed by atoms with Crippen LogP contribution >= 0.6 is 0 Å². The summed E-state index contributed by atoms with van der Waals surface area (Å²) in [6, 6.07) is 9.60. The molecular weight excluding hydrogens is 395 g/mol. The summed E-state index contributed by atoms with van der Waals surface area (Å²) in [6.45, 7) is 3.85. The van der Waals surface area contributed by atoms with Gasteiger partial charge >= 0.3 is 0 Å². The van der Waals surface area contributed by atoms with Gasteiger partial charge in [-0.15, -0.1) is 0 Å². The zero-order valence-electron chi connectivity index (χ0n) is 17.0. The number of fused-ring (bicyclic) bond motifs is 1.